The third-order valence-electron chi connectivity index (χ3n) is 4.24. The van der Waals surface area contributed by atoms with E-state index >= 15 is 0 Å². The number of esters is 1. The molecule has 1 aromatic heterocycles. The summed E-state index contributed by atoms with van der Waals surface area (Å²) in [5, 5.41) is 11.1. The van der Waals surface area contributed by atoms with Crippen molar-refractivity contribution < 1.29 is 24.1 Å². The highest BCUT2D eigenvalue weighted by Crippen LogP contribution is 2.42. The quantitative estimate of drug-likeness (QED) is 0.712. The number of rotatable bonds is 6. The Morgan fingerprint density at radius 2 is 2.07 bits per heavy atom. The van der Waals surface area contributed by atoms with Gasteiger partial charge in [0.15, 0.2) is 0 Å². The minimum absolute atomic E-state index is 0.0372. The van der Waals surface area contributed by atoms with Gasteiger partial charge < -0.3 is 23.9 Å². The fourth-order valence-corrected chi connectivity index (χ4v) is 3.75. The summed E-state index contributed by atoms with van der Waals surface area (Å²) in [5.41, 5.74) is 1.42. The Morgan fingerprint density at radius 3 is 2.69 bits per heavy atom. The highest BCUT2D eigenvalue weighted by Gasteiger charge is 2.33. The van der Waals surface area contributed by atoms with Crippen LogP contribution in [0.2, 0.25) is 0 Å². The molecule has 1 N–H and O–H groups in total. The molecule has 0 spiro atoms. The number of thioether (sulfide) groups is 1. The van der Waals surface area contributed by atoms with Gasteiger partial charge >= 0.3 is 5.97 Å². The first-order valence-corrected chi connectivity index (χ1v) is 9.72. The summed E-state index contributed by atoms with van der Waals surface area (Å²) in [6.07, 6.45) is 3.70. The summed E-state index contributed by atoms with van der Waals surface area (Å²) in [4.78, 5) is 17.6. The van der Waals surface area contributed by atoms with E-state index < -0.39 is 5.97 Å². The number of nitrogens with zero attached hydrogens (tertiary/aromatic N) is 2. The molecule has 152 valence electrons. The lowest BCUT2D eigenvalue weighted by atomic mass is 10.2. The van der Waals surface area contributed by atoms with Crippen molar-refractivity contribution in [2.24, 2.45) is 12.0 Å². The van der Waals surface area contributed by atoms with Crippen LogP contribution in [0.25, 0.3) is 6.08 Å². The summed E-state index contributed by atoms with van der Waals surface area (Å²) in [7, 11) is 4.99. The summed E-state index contributed by atoms with van der Waals surface area (Å²) in [6.45, 7) is 1.90. The van der Waals surface area contributed by atoms with E-state index in [1.54, 1.807) is 38.3 Å². The van der Waals surface area contributed by atoms with Crippen molar-refractivity contribution in [3.8, 4) is 11.5 Å². The van der Waals surface area contributed by atoms with Crippen LogP contribution in [-0.4, -0.2) is 41.5 Å². The third kappa shape index (κ3) is 4.32. The first-order valence-electron chi connectivity index (χ1n) is 8.91. The summed E-state index contributed by atoms with van der Waals surface area (Å²) >= 11 is 1.20. The number of carbonyl (C=O) groups excluding carboxylic acids is 1. The second-order valence-electron chi connectivity index (χ2n) is 6.05. The van der Waals surface area contributed by atoms with Gasteiger partial charge in [0, 0.05) is 25.0 Å². The van der Waals surface area contributed by atoms with Crippen LogP contribution >= 0.6 is 11.8 Å². The standard InChI is InChI=1S/C21H22N2O5S/c1-5-28-21(25)18-19(24)17(11-13-7-6-10-23(13)2)29-20(18)22-15-9-8-14(26-3)12-16(15)27-4/h6-12,24H,5H2,1-4H3/b17-11+,22-20?. The Labute approximate surface area is 173 Å². The van der Waals surface area contributed by atoms with Crippen LogP contribution in [-0.2, 0) is 16.6 Å². The maximum Gasteiger partial charge on any atom is 0.344 e. The second kappa shape index (κ2) is 8.91. The Balaban J connectivity index is 2.08. The predicted octanol–water partition coefficient (Wildman–Crippen LogP) is 4.24. The highest BCUT2D eigenvalue weighted by atomic mass is 32.2. The fourth-order valence-electron chi connectivity index (χ4n) is 2.74. The van der Waals surface area contributed by atoms with Gasteiger partial charge in [-0.15, -0.1) is 0 Å². The summed E-state index contributed by atoms with van der Waals surface area (Å²) in [5.74, 6) is 0.332. The zero-order valence-electron chi connectivity index (χ0n) is 16.6. The Kier molecular flexibility index (Phi) is 6.33. The van der Waals surface area contributed by atoms with Crippen LogP contribution in [0.15, 0.2) is 57.8 Å². The van der Waals surface area contributed by atoms with Crippen LogP contribution in [0.4, 0.5) is 5.69 Å². The van der Waals surface area contributed by atoms with E-state index in [2.05, 4.69) is 4.99 Å². The lowest BCUT2D eigenvalue weighted by molar-refractivity contribution is -0.138. The molecular formula is C21H22N2O5S. The number of aliphatic hydroxyl groups is 1. The predicted molar refractivity (Wildman–Crippen MR) is 114 cm³/mol. The van der Waals surface area contributed by atoms with E-state index in [0.29, 0.717) is 27.1 Å². The topological polar surface area (TPSA) is 82.3 Å². The lowest BCUT2D eigenvalue weighted by Gasteiger charge is -2.08. The molecule has 0 radical (unpaired) electrons. The minimum Gasteiger partial charge on any atom is -0.506 e. The molecule has 3 rings (SSSR count). The fraction of sp³-hybridized carbons (Fsp3) is 0.238. The van der Waals surface area contributed by atoms with Gasteiger partial charge in [0.1, 0.15) is 33.6 Å². The van der Waals surface area contributed by atoms with Crippen LogP contribution in [0.3, 0.4) is 0 Å². The van der Waals surface area contributed by atoms with Gasteiger partial charge in [-0.2, -0.15) is 0 Å². The SMILES string of the molecule is CCOC(=O)C1=C(O)/C(=C\c2cccn2C)SC1=Nc1ccc(OC)cc1OC. The zero-order valence-corrected chi connectivity index (χ0v) is 17.4. The van der Waals surface area contributed by atoms with Crippen molar-refractivity contribution in [2.45, 2.75) is 6.92 Å². The van der Waals surface area contributed by atoms with E-state index in [-0.39, 0.29) is 17.9 Å². The highest BCUT2D eigenvalue weighted by molar-refractivity contribution is 8.18. The molecule has 0 fully saturated rings. The van der Waals surface area contributed by atoms with Crippen molar-refractivity contribution >= 4 is 34.5 Å². The lowest BCUT2D eigenvalue weighted by Crippen LogP contribution is -2.12. The van der Waals surface area contributed by atoms with Gasteiger partial charge in [-0.25, -0.2) is 9.79 Å². The van der Waals surface area contributed by atoms with E-state index in [1.165, 1.54) is 18.9 Å². The van der Waals surface area contributed by atoms with Gasteiger partial charge in [-0.3, -0.25) is 0 Å². The van der Waals surface area contributed by atoms with E-state index in [0.717, 1.165) is 5.69 Å². The van der Waals surface area contributed by atoms with E-state index in [4.69, 9.17) is 14.2 Å². The number of aliphatic imine (C=N–C) groups is 1. The molecule has 0 unspecified atom stereocenters. The number of aromatic nitrogens is 1. The third-order valence-corrected chi connectivity index (χ3v) is 5.26. The second-order valence-corrected chi connectivity index (χ2v) is 7.08. The van der Waals surface area contributed by atoms with Gasteiger partial charge in [0.2, 0.25) is 0 Å². The average Bonchev–Trinajstić information content (AvgIpc) is 3.25. The molecule has 29 heavy (non-hydrogen) atoms. The number of aliphatic hydroxyl groups excluding tert-OH is 1. The van der Waals surface area contributed by atoms with Crippen molar-refractivity contribution in [1.82, 2.24) is 4.57 Å². The van der Waals surface area contributed by atoms with E-state index in [1.807, 2.05) is 29.9 Å². The molecule has 0 aliphatic carbocycles. The van der Waals surface area contributed by atoms with Crippen LogP contribution in [0, 0.1) is 0 Å². The smallest absolute Gasteiger partial charge is 0.344 e. The number of hydrogen-bond acceptors (Lipinski definition) is 7. The number of carbonyl (C=O) groups is 1. The van der Waals surface area contributed by atoms with Crippen LogP contribution in [0.1, 0.15) is 12.6 Å². The molecule has 2 heterocycles. The zero-order chi connectivity index (χ0) is 21.0. The van der Waals surface area contributed by atoms with Crippen molar-refractivity contribution in [1.29, 1.82) is 0 Å². The number of benzene rings is 1. The first-order chi connectivity index (χ1) is 14.0. The maximum absolute atomic E-state index is 12.5. The van der Waals surface area contributed by atoms with Gasteiger partial charge in [-0.05, 0) is 37.3 Å². The number of hydrogen-bond donors (Lipinski definition) is 1. The monoisotopic (exact) mass is 414 g/mol. The summed E-state index contributed by atoms with van der Waals surface area (Å²) < 4.78 is 17.6. The number of methoxy groups -OCH3 is 2. The molecule has 0 atom stereocenters. The molecular weight excluding hydrogens is 392 g/mol. The Hall–Kier alpha value is -3.13. The molecule has 8 heteroatoms. The number of aryl methyl sites for hydroxylation is 1. The maximum atomic E-state index is 12.5. The number of ether oxygens (including phenoxy) is 3. The molecule has 1 aromatic carbocycles. The molecule has 7 nitrogen and oxygen atoms in total. The largest absolute Gasteiger partial charge is 0.506 e. The van der Waals surface area contributed by atoms with Crippen molar-refractivity contribution in [3.63, 3.8) is 0 Å². The molecule has 1 aliphatic heterocycles. The van der Waals surface area contributed by atoms with Crippen LogP contribution < -0.4 is 9.47 Å². The molecule has 2 aromatic rings. The van der Waals surface area contributed by atoms with Crippen molar-refractivity contribution in [3.05, 3.63) is 58.5 Å². The van der Waals surface area contributed by atoms with Crippen LogP contribution in [0.5, 0.6) is 11.5 Å². The van der Waals surface area contributed by atoms with Gasteiger partial charge in [-0.1, -0.05) is 11.8 Å². The van der Waals surface area contributed by atoms with Gasteiger partial charge in [0.05, 0.1) is 25.7 Å². The Bertz CT molecular complexity index is 1020. The molecule has 0 saturated heterocycles. The Morgan fingerprint density at radius 1 is 1.28 bits per heavy atom. The van der Waals surface area contributed by atoms with Gasteiger partial charge in [0.25, 0.3) is 0 Å². The van der Waals surface area contributed by atoms with E-state index in [9.17, 15) is 9.90 Å². The minimum atomic E-state index is -0.626. The van der Waals surface area contributed by atoms with Crippen molar-refractivity contribution in [2.75, 3.05) is 20.8 Å². The molecule has 0 amide bonds. The first kappa shape index (κ1) is 20.6. The molecule has 0 bridgehead atoms. The molecule has 0 saturated carbocycles. The summed E-state index contributed by atoms with van der Waals surface area (Å²) in [6, 6.07) is 8.98. The normalized spacial score (nSPS) is 16.6. The average molecular weight is 414 g/mol. The molecule has 1 aliphatic rings.